The number of rotatable bonds is 6. The number of nitrogens with zero attached hydrogens (tertiary/aromatic N) is 2. The Bertz CT molecular complexity index is 1050. The lowest BCUT2D eigenvalue weighted by molar-refractivity contribution is 0.0742. The molecule has 1 amide bonds. The van der Waals surface area contributed by atoms with E-state index in [0.29, 0.717) is 29.4 Å². The molecule has 29 heavy (non-hydrogen) atoms. The number of hydrogen-bond acceptors (Lipinski definition) is 4. The zero-order chi connectivity index (χ0) is 20.5. The zero-order valence-corrected chi connectivity index (χ0v) is 16.5. The molecule has 0 saturated heterocycles. The fourth-order valence-corrected chi connectivity index (χ4v) is 3.87. The lowest BCUT2D eigenvalue weighted by atomic mass is 9.95. The number of nitrogens with one attached hydrogen (secondary N) is 1. The molecule has 1 aliphatic heterocycles. The Balaban J connectivity index is 1.93. The normalized spacial score (nSPS) is 15.5. The number of carbonyl (C=O) groups excluding carboxylic acids is 1. The van der Waals surface area contributed by atoms with Gasteiger partial charge >= 0.3 is 0 Å². The quantitative estimate of drug-likeness (QED) is 0.680. The highest BCUT2D eigenvalue weighted by atomic mass is 19.1. The van der Waals surface area contributed by atoms with Crippen LogP contribution < -0.4 is 9.47 Å². The van der Waals surface area contributed by atoms with Gasteiger partial charge in [-0.15, -0.1) is 0 Å². The molecule has 0 fully saturated rings. The highest BCUT2D eigenvalue weighted by molar-refractivity contribution is 6.00. The molecule has 2 heterocycles. The maximum atomic E-state index is 13.4. The molecule has 4 rings (SSSR count). The summed E-state index contributed by atoms with van der Waals surface area (Å²) in [5.74, 6) is 0.891. The van der Waals surface area contributed by atoms with Gasteiger partial charge in [0.1, 0.15) is 23.0 Å². The van der Waals surface area contributed by atoms with Gasteiger partial charge in [-0.2, -0.15) is 5.10 Å². The van der Waals surface area contributed by atoms with Crippen molar-refractivity contribution in [2.24, 2.45) is 0 Å². The molecule has 7 heteroatoms. The van der Waals surface area contributed by atoms with Crippen LogP contribution in [-0.4, -0.2) is 41.8 Å². The smallest absolute Gasteiger partial charge is 0.273 e. The van der Waals surface area contributed by atoms with Gasteiger partial charge in [-0.1, -0.05) is 6.92 Å². The fourth-order valence-electron chi connectivity index (χ4n) is 3.87. The minimum absolute atomic E-state index is 0.113. The second-order valence-corrected chi connectivity index (χ2v) is 6.88. The molecule has 0 saturated carbocycles. The Morgan fingerprint density at radius 3 is 2.55 bits per heavy atom. The zero-order valence-electron chi connectivity index (χ0n) is 16.5. The van der Waals surface area contributed by atoms with Crippen LogP contribution in [-0.2, 0) is 0 Å². The number of ether oxygens (including phenoxy) is 2. The van der Waals surface area contributed by atoms with Gasteiger partial charge in [0, 0.05) is 23.2 Å². The molecule has 1 aromatic heterocycles. The summed E-state index contributed by atoms with van der Waals surface area (Å²) in [5.41, 5.74) is 3.40. The third-order valence-corrected chi connectivity index (χ3v) is 5.18. The maximum Gasteiger partial charge on any atom is 0.273 e. The summed E-state index contributed by atoms with van der Waals surface area (Å²) in [6, 6.07) is 11.3. The Morgan fingerprint density at radius 2 is 1.90 bits per heavy atom. The summed E-state index contributed by atoms with van der Waals surface area (Å²) < 4.78 is 24.4. The van der Waals surface area contributed by atoms with Crippen LogP contribution in [0.25, 0.3) is 11.3 Å². The molecule has 1 unspecified atom stereocenters. The van der Waals surface area contributed by atoms with Gasteiger partial charge in [0.15, 0.2) is 0 Å². The van der Waals surface area contributed by atoms with E-state index in [2.05, 4.69) is 10.2 Å². The molecule has 1 N–H and O–H groups in total. The van der Waals surface area contributed by atoms with E-state index in [9.17, 15) is 9.18 Å². The Morgan fingerprint density at radius 1 is 1.14 bits per heavy atom. The predicted octanol–water partition coefficient (Wildman–Crippen LogP) is 4.19. The van der Waals surface area contributed by atoms with Gasteiger partial charge in [0.2, 0.25) is 0 Å². The van der Waals surface area contributed by atoms with E-state index in [1.54, 1.807) is 26.4 Å². The number of H-pyrrole nitrogens is 1. The topological polar surface area (TPSA) is 67.5 Å². The SMILES string of the molecule is CCCN1C(=O)c2[nH]nc(-c3ccc(F)cc3)c2C1c1cc(OC)ccc1OC. The average Bonchev–Trinajstić information content (AvgIpc) is 3.28. The lowest BCUT2D eigenvalue weighted by Crippen LogP contribution is -2.30. The summed E-state index contributed by atoms with van der Waals surface area (Å²) >= 11 is 0. The number of halogens is 1. The first-order valence-electron chi connectivity index (χ1n) is 9.46. The second-order valence-electron chi connectivity index (χ2n) is 6.88. The third kappa shape index (κ3) is 3.12. The second kappa shape index (κ2) is 7.58. The molecule has 0 bridgehead atoms. The summed E-state index contributed by atoms with van der Waals surface area (Å²) in [6.07, 6.45) is 0.804. The van der Waals surface area contributed by atoms with Crippen LogP contribution in [0.5, 0.6) is 11.5 Å². The van der Waals surface area contributed by atoms with Crippen molar-refractivity contribution >= 4 is 5.91 Å². The van der Waals surface area contributed by atoms with E-state index < -0.39 is 0 Å². The van der Waals surface area contributed by atoms with Crippen molar-refractivity contribution in [2.45, 2.75) is 19.4 Å². The van der Waals surface area contributed by atoms with Crippen molar-refractivity contribution in [1.82, 2.24) is 15.1 Å². The van der Waals surface area contributed by atoms with Gasteiger partial charge in [-0.05, 0) is 48.9 Å². The number of benzene rings is 2. The number of amides is 1. The largest absolute Gasteiger partial charge is 0.497 e. The van der Waals surface area contributed by atoms with Gasteiger partial charge in [0.25, 0.3) is 5.91 Å². The van der Waals surface area contributed by atoms with E-state index in [1.807, 2.05) is 30.0 Å². The van der Waals surface area contributed by atoms with E-state index in [0.717, 1.165) is 23.1 Å². The molecule has 0 spiro atoms. The standard InChI is InChI=1S/C22H22FN3O3/c1-4-11-26-21(16-12-15(28-2)9-10-17(16)29-3)18-19(24-25-20(18)22(26)27)13-5-7-14(23)8-6-13/h5-10,12,21H,4,11H2,1-3H3,(H,24,25). The van der Waals surface area contributed by atoms with Crippen LogP contribution in [0.15, 0.2) is 42.5 Å². The van der Waals surface area contributed by atoms with Crippen LogP contribution >= 0.6 is 0 Å². The van der Waals surface area contributed by atoms with E-state index in [4.69, 9.17) is 9.47 Å². The number of aromatic nitrogens is 2. The van der Waals surface area contributed by atoms with Crippen LogP contribution in [0.2, 0.25) is 0 Å². The Kier molecular flexibility index (Phi) is 4.96. The van der Waals surface area contributed by atoms with Crippen molar-refractivity contribution in [3.63, 3.8) is 0 Å². The predicted molar refractivity (Wildman–Crippen MR) is 107 cm³/mol. The van der Waals surface area contributed by atoms with Crippen molar-refractivity contribution in [1.29, 1.82) is 0 Å². The summed E-state index contributed by atoms with van der Waals surface area (Å²) in [4.78, 5) is 15.0. The highest BCUT2D eigenvalue weighted by Crippen LogP contribution is 2.46. The average molecular weight is 395 g/mol. The van der Waals surface area contributed by atoms with Gasteiger partial charge < -0.3 is 14.4 Å². The molecule has 1 atom stereocenters. The number of fused-ring (bicyclic) bond motifs is 1. The van der Waals surface area contributed by atoms with Crippen molar-refractivity contribution in [3.8, 4) is 22.8 Å². The van der Waals surface area contributed by atoms with Crippen molar-refractivity contribution < 1.29 is 18.7 Å². The van der Waals surface area contributed by atoms with E-state index >= 15 is 0 Å². The first-order valence-corrected chi connectivity index (χ1v) is 9.46. The number of hydrogen-bond donors (Lipinski definition) is 1. The minimum Gasteiger partial charge on any atom is -0.497 e. The van der Waals surface area contributed by atoms with E-state index in [1.165, 1.54) is 12.1 Å². The number of methoxy groups -OCH3 is 2. The van der Waals surface area contributed by atoms with Crippen LogP contribution in [0, 0.1) is 5.82 Å². The van der Waals surface area contributed by atoms with Crippen molar-refractivity contribution in [3.05, 3.63) is 65.1 Å². The molecule has 150 valence electrons. The summed E-state index contributed by atoms with van der Waals surface area (Å²) in [5, 5.41) is 7.29. The van der Waals surface area contributed by atoms with Crippen LogP contribution in [0.3, 0.4) is 0 Å². The van der Waals surface area contributed by atoms with Gasteiger partial charge in [-0.3, -0.25) is 9.89 Å². The summed E-state index contributed by atoms with van der Waals surface area (Å²) in [7, 11) is 3.20. The molecule has 6 nitrogen and oxygen atoms in total. The first kappa shape index (κ1) is 19.0. The summed E-state index contributed by atoms with van der Waals surface area (Å²) in [6.45, 7) is 2.61. The number of carbonyl (C=O) groups is 1. The Labute approximate surface area is 168 Å². The van der Waals surface area contributed by atoms with Crippen molar-refractivity contribution in [2.75, 3.05) is 20.8 Å². The number of aromatic amines is 1. The molecular weight excluding hydrogens is 373 g/mol. The highest BCUT2D eigenvalue weighted by Gasteiger charge is 2.43. The fraction of sp³-hybridized carbons (Fsp3) is 0.273. The molecule has 2 aromatic carbocycles. The third-order valence-electron chi connectivity index (χ3n) is 5.18. The molecular formula is C22H22FN3O3. The van der Waals surface area contributed by atoms with Gasteiger partial charge in [0.05, 0.1) is 26.0 Å². The minimum atomic E-state index is -0.388. The van der Waals surface area contributed by atoms with Crippen LogP contribution in [0.4, 0.5) is 4.39 Å². The first-order chi connectivity index (χ1) is 14.1. The molecule has 0 radical (unpaired) electrons. The monoisotopic (exact) mass is 395 g/mol. The lowest BCUT2D eigenvalue weighted by Gasteiger charge is -2.27. The van der Waals surface area contributed by atoms with E-state index in [-0.39, 0.29) is 17.8 Å². The molecule has 0 aliphatic carbocycles. The van der Waals surface area contributed by atoms with Crippen LogP contribution in [0.1, 0.15) is 41.0 Å². The maximum absolute atomic E-state index is 13.4. The van der Waals surface area contributed by atoms with Gasteiger partial charge in [-0.25, -0.2) is 4.39 Å². The Hall–Kier alpha value is -3.35. The molecule has 1 aliphatic rings. The molecule has 3 aromatic rings.